The molecule has 0 aliphatic heterocycles. The minimum Gasteiger partial charge on any atom is -0.486 e. The van der Waals surface area contributed by atoms with Gasteiger partial charge >= 0.3 is 21.4 Å². The predicted octanol–water partition coefficient (Wildman–Crippen LogP) is 2.06. The molecular weight excluding hydrogens is 233 g/mol. The van der Waals surface area contributed by atoms with Gasteiger partial charge in [-0.3, -0.25) is 0 Å². The average Bonchev–Trinajstić information content (AvgIpc) is 1.79. The van der Waals surface area contributed by atoms with Gasteiger partial charge in [0, 0.05) is 0 Å². The second-order valence-electron chi connectivity index (χ2n) is 3.59. The molecule has 0 unspecified atom stereocenters. The first-order chi connectivity index (χ1) is 6.02. The van der Waals surface area contributed by atoms with Gasteiger partial charge in [-0.05, 0) is 26.2 Å². The first-order valence-electron chi connectivity index (χ1n) is 3.84. The number of rotatable bonds is 3. The van der Waals surface area contributed by atoms with Gasteiger partial charge in [-0.2, -0.15) is 13.2 Å². The van der Waals surface area contributed by atoms with E-state index in [4.69, 9.17) is 4.12 Å². The Morgan fingerprint density at radius 1 is 1.29 bits per heavy atom. The SMILES string of the molecule is C[Si](OC(=O)C(F)(F)F)O[Si](C)(C)C. The van der Waals surface area contributed by atoms with Crippen LogP contribution in [0.4, 0.5) is 13.2 Å². The van der Waals surface area contributed by atoms with Crippen LogP contribution in [0.1, 0.15) is 0 Å². The molecule has 0 saturated heterocycles. The van der Waals surface area contributed by atoms with E-state index in [0.717, 1.165) is 0 Å². The number of carbonyl (C=O) groups excluding carboxylic acids is 1. The second-order valence-corrected chi connectivity index (χ2v) is 9.82. The van der Waals surface area contributed by atoms with Crippen LogP contribution >= 0.6 is 0 Å². The Morgan fingerprint density at radius 3 is 2.00 bits per heavy atom. The minimum absolute atomic E-state index is 1.37. The fourth-order valence-corrected chi connectivity index (χ4v) is 4.63. The van der Waals surface area contributed by atoms with Crippen molar-refractivity contribution in [3.8, 4) is 0 Å². The van der Waals surface area contributed by atoms with Crippen molar-refractivity contribution in [2.45, 2.75) is 32.4 Å². The van der Waals surface area contributed by atoms with Gasteiger partial charge in [-0.15, -0.1) is 0 Å². The van der Waals surface area contributed by atoms with Crippen LogP contribution in [0, 0.1) is 0 Å². The van der Waals surface area contributed by atoms with Crippen molar-refractivity contribution >= 4 is 23.6 Å². The van der Waals surface area contributed by atoms with Crippen molar-refractivity contribution in [1.82, 2.24) is 0 Å². The summed E-state index contributed by atoms with van der Waals surface area (Å²) in [5.41, 5.74) is 0. The van der Waals surface area contributed by atoms with E-state index in [2.05, 4.69) is 4.43 Å². The lowest BCUT2D eigenvalue weighted by molar-refractivity contribution is -0.191. The third-order valence-electron chi connectivity index (χ3n) is 0.918. The third kappa shape index (κ3) is 6.16. The van der Waals surface area contributed by atoms with E-state index in [0.29, 0.717) is 0 Å². The number of carbonyl (C=O) groups is 1. The summed E-state index contributed by atoms with van der Waals surface area (Å²) in [6, 6.07) is 0. The van der Waals surface area contributed by atoms with E-state index in [9.17, 15) is 18.0 Å². The quantitative estimate of drug-likeness (QED) is 0.714. The number of hydrogen-bond donors (Lipinski definition) is 0. The highest BCUT2D eigenvalue weighted by Gasteiger charge is 2.42. The molecule has 0 saturated carbocycles. The summed E-state index contributed by atoms with van der Waals surface area (Å²) >= 11 is 0. The summed E-state index contributed by atoms with van der Waals surface area (Å²) in [6.45, 7) is 6.79. The molecule has 0 rings (SSSR count). The summed E-state index contributed by atoms with van der Waals surface area (Å²) in [6.07, 6.45) is -4.94. The molecule has 1 radical (unpaired) electrons. The first kappa shape index (κ1) is 13.7. The van der Waals surface area contributed by atoms with Crippen LogP contribution in [0.25, 0.3) is 0 Å². The molecule has 0 N–H and O–H groups in total. The molecule has 14 heavy (non-hydrogen) atoms. The Balaban J connectivity index is 4.09. The summed E-state index contributed by atoms with van der Waals surface area (Å²) < 4.78 is 44.6. The van der Waals surface area contributed by atoms with Crippen LogP contribution in [0.5, 0.6) is 0 Å². The summed E-state index contributed by atoms with van der Waals surface area (Å²) in [5, 5.41) is 0. The smallest absolute Gasteiger partial charge is 0.486 e. The van der Waals surface area contributed by atoms with Crippen molar-refractivity contribution in [3.05, 3.63) is 0 Å². The molecule has 0 aliphatic rings. The Morgan fingerprint density at radius 2 is 1.71 bits per heavy atom. The zero-order valence-corrected chi connectivity index (χ0v) is 10.4. The summed E-state index contributed by atoms with van der Waals surface area (Å²) in [7, 11) is -4.08. The van der Waals surface area contributed by atoms with Crippen molar-refractivity contribution < 1.29 is 26.5 Å². The lowest BCUT2D eigenvalue weighted by atomic mass is 10.7. The zero-order chi connectivity index (χ0) is 11.6. The Kier molecular flexibility index (Phi) is 4.34. The second kappa shape index (κ2) is 4.45. The van der Waals surface area contributed by atoms with Gasteiger partial charge < -0.3 is 8.54 Å². The van der Waals surface area contributed by atoms with Crippen LogP contribution in [0.2, 0.25) is 26.2 Å². The zero-order valence-electron chi connectivity index (χ0n) is 8.36. The van der Waals surface area contributed by atoms with Gasteiger partial charge in [0.2, 0.25) is 0 Å². The molecule has 0 heterocycles. The fourth-order valence-electron chi connectivity index (χ4n) is 0.640. The van der Waals surface area contributed by atoms with Gasteiger partial charge in [0.1, 0.15) is 0 Å². The van der Waals surface area contributed by atoms with E-state index >= 15 is 0 Å². The number of halogens is 3. The molecule has 0 amide bonds. The van der Waals surface area contributed by atoms with Crippen LogP contribution in [-0.2, 0) is 13.3 Å². The van der Waals surface area contributed by atoms with E-state index in [1.54, 1.807) is 0 Å². The van der Waals surface area contributed by atoms with Crippen LogP contribution in [0.3, 0.4) is 0 Å². The van der Waals surface area contributed by atoms with E-state index in [1.807, 2.05) is 19.6 Å². The largest absolute Gasteiger partial charge is 0.489 e. The molecule has 0 aromatic heterocycles. The maximum absolute atomic E-state index is 11.7. The van der Waals surface area contributed by atoms with E-state index < -0.39 is 29.7 Å². The highest BCUT2D eigenvalue weighted by Crippen LogP contribution is 2.17. The molecule has 8 heteroatoms. The highest BCUT2D eigenvalue weighted by molar-refractivity contribution is 6.76. The maximum atomic E-state index is 11.7. The van der Waals surface area contributed by atoms with Gasteiger partial charge in [-0.25, -0.2) is 4.79 Å². The molecule has 0 spiro atoms. The normalized spacial score (nSPS) is 13.1. The predicted molar refractivity (Wildman–Crippen MR) is 48.2 cm³/mol. The summed E-state index contributed by atoms with van der Waals surface area (Å²) in [4.78, 5) is 10.4. The lowest BCUT2D eigenvalue weighted by Crippen LogP contribution is -2.39. The van der Waals surface area contributed by atoms with Crippen molar-refractivity contribution in [3.63, 3.8) is 0 Å². The Labute approximate surface area is 83.2 Å². The van der Waals surface area contributed by atoms with Crippen LogP contribution < -0.4 is 0 Å². The van der Waals surface area contributed by atoms with Gasteiger partial charge in [0.15, 0.2) is 8.32 Å². The highest BCUT2D eigenvalue weighted by atomic mass is 28.4. The Hall–Kier alpha value is -0.346. The molecule has 0 aromatic carbocycles. The molecule has 83 valence electrons. The minimum atomic E-state index is -4.94. The number of alkyl halides is 3. The Bertz CT molecular complexity index is 211. The maximum Gasteiger partial charge on any atom is 0.489 e. The van der Waals surface area contributed by atoms with Gasteiger partial charge in [-0.1, -0.05) is 0 Å². The third-order valence-corrected chi connectivity index (χ3v) is 4.99. The number of hydrogen-bond acceptors (Lipinski definition) is 3. The van der Waals surface area contributed by atoms with Gasteiger partial charge in [0.05, 0.1) is 0 Å². The standard InChI is InChI=1S/C6H12F3O3Si2/c1-13(12-14(2,3)4)11-5(10)6(7,8)9/h1-4H3. The van der Waals surface area contributed by atoms with E-state index in [1.165, 1.54) is 6.55 Å². The fraction of sp³-hybridized carbons (Fsp3) is 0.833. The molecule has 0 atom stereocenters. The van der Waals surface area contributed by atoms with Crippen molar-refractivity contribution in [2.24, 2.45) is 0 Å². The van der Waals surface area contributed by atoms with Crippen molar-refractivity contribution in [1.29, 1.82) is 0 Å². The lowest BCUT2D eigenvalue weighted by Gasteiger charge is -2.21. The summed E-state index contributed by atoms with van der Waals surface area (Å²) in [5.74, 6) is -2.17. The molecule has 0 fully saturated rings. The first-order valence-corrected chi connectivity index (χ1v) is 9.06. The van der Waals surface area contributed by atoms with Crippen LogP contribution in [-0.4, -0.2) is 29.7 Å². The van der Waals surface area contributed by atoms with Gasteiger partial charge in [0.25, 0.3) is 0 Å². The molecule has 0 aromatic rings. The molecule has 0 bridgehead atoms. The average molecular weight is 245 g/mol. The van der Waals surface area contributed by atoms with E-state index in [-0.39, 0.29) is 0 Å². The topological polar surface area (TPSA) is 35.5 Å². The monoisotopic (exact) mass is 245 g/mol. The molecule has 3 nitrogen and oxygen atoms in total. The molecule has 0 aliphatic carbocycles. The molecular formula is C6H12F3O3Si2. The van der Waals surface area contributed by atoms with Crippen LogP contribution in [0.15, 0.2) is 0 Å². The van der Waals surface area contributed by atoms with Crippen molar-refractivity contribution in [2.75, 3.05) is 0 Å².